The van der Waals surface area contributed by atoms with E-state index in [4.69, 9.17) is 4.74 Å². The molecule has 188 valence electrons. The van der Waals surface area contributed by atoms with Gasteiger partial charge in [-0.25, -0.2) is 4.98 Å². The molecule has 0 unspecified atom stereocenters. The quantitative estimate of drug-likeness (QED) is 0.403. The van der Waals surface area contributed by atoms with Gasteiger partial charge in [0.05, 0.1) is 12.2 Å². The number of ether oxygens (including phenoxy) is 1. The Morgan fingerprint density at radius 2 is 1.94 bits per heavy atom. The highest BCUT2D eigenvalue weighted by atomic mass is 16.5. The zero-order chi connectivity index (χ0) is 25.3. The van der Waals surface area contributed by atoms with Crippen molar-refractivity contribution in [1.82, 2.24) is 14.9 Å². The van der Waals surface area contributed by atoms with Crippen LogP contribution in [0, 0.1) is 5.92 Å². The number of para-hydroxylation sites is 1. The van der Waals surface area contributed by atoms with E-state index in [1.165, 1.54) is 0 Å². The molecule has 1 aromatic heterocycles. The molecule has 2 N–H and O–H groups in total. The molecular formula is C27H31N5O4. The smallest absolute Gasteiger partial charge is 0.262 e. The number of carbonyl (C=O) groups excluding carboxylic acids is 3. The van der Waals surface area contributed by atoms with Crippen LogP contribution >= 0.6 is 0 Å². The summed E-state index contributed by atoms with van der Waals surface area (Å²) in [4.78, 5) is 43.0. The van der Waals surface area contributed by atoms with Crippen molar-refractivity contribution < 1.29 is 19.1 Å². The van der Waals surface area contributed by atoms with E-state index in [2.05, 4.69) is 15.6 Å². The molecule has 0 aliphatic carbocycles. The summed E-state index contributed by atoms with van der Waals surface area (Å²) < 4.78 is 7.57. The van der Waals surface area contributed by atoms with Crippen LogP contribution in [0.4, 0.5) is 11.4 Å². The highest BCUT2D eigenvalue weighted by Gasteiger charge is 2.34. The number of hydrogen-bond acceptors (Lipinski definition) is 5. The predicted octanol–water partition coefficient (Wildman–Crippen LogP) is 3.02. The van der Waals surface area contributed by atoms with Gasteiger partial charge in [0.2, 0.25) is 11.8 Å². The van der Waals surface area contributed by atoms with E-state index >= 15 is 0 Å². The van der Waals surface area contributed by atoms with Crippen molar-refractivity contribution in [2.75, 3.05) is 29.9 Å². The van der Waals surface area contributed by atoms with Crippen molar-refractivity contribution >= 4 is 29.1 Å². The fourth-order valence-electron chi connectivity index (χ4n) is 4.18. The molecule has 1 aliphatic heterocycles. The van der Waals surface area contributed by atoms with Crippen LogP contribution in [0.15, 0.2) is 67.3 Å². The number of anilines is 2. The zero-order valence-electron chi connectivity index (χ0n) is 20.4. The number of benzene rings is 2. The standard InChI is InChI=1S/C27H31N5O4/c1-2-20-6-3-4-7-24(20)30-25(33)18-36-23-10-8-22(9-11-23)32-17-21(16-26(32)34)27(35)29-12-5-14-31-15-13-28-19-31/h3-4,6-11,13,15,19,21H,2,5,12,14,16-18H2,1H3,(H,29,35)(H,30,33)/t21-/m1/s1. The fraction of sp³-hybridized carbons (Fsp3) is 0.333. The molecule has 1 saturated heterocycles. The molecule has 9 heteroatoms. The number of amides is 3. The summed E-state index contributed by atoms with van der Waals surface area (Å²) in [5.41, 5.74) is 2.55. The Morgan fingerprint density at radius 1 is 1.14 bits per heavy atom. The molecule has 9 nitrogen and oxygen atoms in total. The number of rotatable bonds is 11. The van der Waals surface area contributed by atoms with Gasteiger partial charge in [-0.15, -0.1) is 0 Å². The third-order valence-electron chi connectivity index (χ3n) is 6.14. The summed E-state index contributed by atoms with van der Waals surface area (Å²) in [5.74, 6) is -0.287. The summed E-state index contributed by atoms with van der Waals surface area (Å²) in [6.07, 6.45) is 7.14. The van der Waals surface area contributed by atoms with Crippen LogP contribution in [-0.4, -0.2) is 47.0 Å². The van der Waals surface area contributed by atoms with Crippen LogP contribution in [0.2, 0.25) is 0 Å². The highest BCUT2D eigenvalue weighted by Crippen LogP contribution is 2.27. The highest BCUT2D eigenvalue weighted by molar-refractivity contribution is 6.00. The van der Waals surface area contributed by atoms with E-state index in [-0.39, 0.29) is 36.7 Å². The molecule has 3 amide bonds. The molecule has 0 spiro atoms. The van der Waals surface area contributed by atoms with Crippen molar-refractivity contribution in [3.63, 3.8) is 0 Å². The lowest BCUT2D eigenvalue weighted by atomic mass is 10.1. The fourth-order valence-corrected chi connectivity index (χ4v) is 4.18. The van der Waals surface area contributed by atoms with Gasteiger partial charge in [0.1, 0.15) is 5.75 Å². The molecule has 2 aromatic carbocycles. The van der Waals surface area contributed by atoms with E-state index in [0.29, 0.717) is 24.5 Å². The van der Waals surface area contributed by atoms with Crippen LogP contribution in [0.1, 0.15) is 25.3 Å². The second kappa shape index (κ2) is 12.0. The molecule has 0 bridgehead atoms. The van der Waals surface area contributed by atoms with Gasteiger partial charge in [0.15, 0.2) is 6.61 Å². The number of aromatic nitrogens is 2. The van der Waals surface area contributed by atoms with Crippen LogP contribution in [0.5, 0.6) is 5.75 Å². The first kappa shape index (κ1) is 25.0. The van der Waals surface area contributed by atoms with Crippen LogP contribution in [-0.2, 0) is 27.3 Å². The maximum Gasteiger partial charge on any atom is 0.262 e. The zero-order valence-corrected chi connectivity index (χ0v) is 20.4. The predicted molar refractivity (Wildman–Crippen MR) is 137 cm³/mol. The van der Waals surface area contributed by atoms with Crippen molar-refractivity contribution in [2.24, 2.45) is 5.92 Å². The Kier molecular flexibility index (Phi) is 8.33. The lowest BCUT2D eigenvalue weighted by Gasteiger charge is -2.17. The molecule has 3 aromatic rings. The van der Waals surface area contributed by atoms with Gasteiger partial charge < -0.3 is 24.8 Å². The Balaban J connectivity index is 1.22. The Morgan fingerprint density at radius 3 is 2.69 bits per heavy atom. The average Bonchev–Trinajstić information content (AvgIpc) is 3.56. The molecular weight excluding hydrogens is 458 g/mol. The largest absolute Gasteiger partial charge is 0.484 e. The summed E-state index contributed by atoms with van der Waals surface area (Å²) in [5, 5.41) is 5.81. The van der Waals surface area contributed by atoms with Gasteiger partial charge >= 0.3 is 0 Å². The third-order valence-corrected chi connectivity index (χ3v) is 6.14. The van der Waals surface area contributed by atoms with E-state index in [9.17, 15) is 14.4 Å². The van der Waals surface area contributed by atoms with Crippen LogP contribution < -0.4 is 20.3 Å². The third kappa shape index (κ3) is 6.50. The van der Waals surface area contributed by atoms with Crippen molar-refractivity contribution in [3.05, 3.63) is 72.8 Å². The lowest BCUT2D eigenvalue weighted by Crippen LogP contribution is -2.33. The van der Waals surface area contributed by atoms with Gasteiger partial charge in [-0.05, 0) is 48.7 Å². The van der Waals surface area contributed by atoms with Crippen LogP contribution in [0.25, 0.3) is 0 Å². The summed E-state index contributed by atoms with van der Waals surface area (Å²) in [7, 11) is 0. The molecule has 36 heavy (non-hydrogen) atoms. The number of imidazole rings is 1. The summed E-state index contributed by atoms with van der Waals surface area (Å²) in [6.45, 7) is 3.57. The minimum atomic E-state index is -0.378. The SMILES string of the molecule is CCc1ccccc1NC(=O)COc1ccc(N2C[C@H](C(=O)NCCCn3ccnc3)CC2=O)cc1. The van der Waals surface area contributed by atoms with Gasteiger partial charge in [-0.2, -0.15) is 0 Å². The minimum Gasteiger partial charge on any atom is -0.484 e. The number of nitrogens with zero attached hydrogens (tertiary/aromatic N) is 3. The van der Waals surface area contributed by atoms with Gasteiger partial charge in [-0.1, -0.05) is 25.1 Å². The van der Waals surface area contributed by atoms with Gasteiger partial charge in [0, 0.05) is 49.8 Å². The van der Waals surface area contributed by atoms with Crippen molar-refractivity contribution in [3.8, 4) is 5.75 Å². The number of hydrogen-bond donors (Lipinski definition) is 2. The maximum atomic E-state index is 12.6. The van der Waals surface area contributed by atoms with Crippen LogP contribution in [0.3, 0.4) is 0 Å². The minimum absolute atomic E-state index is 0.0869. The van der Waals surface area contributed by atoms with E-state index in [1.54, 1.807) is 41.7 Å². The average molecular weight is 490 g/mol. The summed E-state index contributed by atoms with van der Waals surface area (Å²) in [6, 6.07) is 14.6. The first-order valence-electron chi connectivity index (χ1n) is 12.2. The molecule has 4 rings (SSSR count). The van der Waals surface area contributed by atoms with Crippen molar-refractivity contribution in [2.45, 2.75) is 32.7 Å². The molecule has 2 heterocycles. The van der Waals surface area contributed by atoms with Gasteiger partial charge in [0.25, 0.3) is 5.91 Å². The monoisotopic (exact) mass is 489 g/mol. The summed E-state index contributed by atoms with van der Waals surface area (Å²) >= 11 is 0. The molecule has 0 radical (unpaired) electrons. The normalized spacial score (nSPS) is 15.1. The van der Waals surface area contributed by atoms with E-state index < -0.39 is 0 Å². The molecule has 1 atom stereocenters. The molecule has 0 saturated carbocycles. The second-order valence-electron chi connectivity index (χ2n) is 8.69. The number of carbonyl (C=O) groups is 3. The first-order valence-corrected chi connectivity index (χ1v) is 12.2. The van der Waals surface area contributed by atoms with Gasteiger partial charge in [-0.3, -0.25) is 14.4 Å². The maximum absolute atomic E-state index is 12.6. The second-order valence-corrected chi connectivity index (χ2v) is 8.69. The van der Waals surface area contributed by atoms with E-state index in [1.807, 2.05) is 42.0 Å². The Bertz CT molecular complexity index is 1180. The lowest BCUT2D eigenvalue weighted by molar-refractivity contribution is -0.126. The first-order chi connectivity index (χ1) is 17.5. The molecule has 1 fully saturated rings. The topological polar surface area (TPSA) is 106 Å². The Hall–Kier alpha value is -4.14. The Labute approximate surface area is 210 Å². The number of aryl methyl sites for hydroxylation is 2. The molecule has 1 aliphatic rings. The van der Waals surface area contributed by atoms with Crippen molar-refractivity contribution in [1.29, 1.82) is 0 Å². The van der Waals surface area contributed by atoms with E-state index in [0.717, 1.165) is 30.6 Å². The number of nitrogens with one attached hydrogen (secondary N) is 2.